The minimum atomic E-state index is -0.591. The van der Waals surface area contributed by atoms with E-state index in [-0.39, 0.29) is 12.3 Å². The number of carbonyl (C=O) groups excluding carboxylic acids is 2. The van der Waals surface area contributed by atoms with Gasteiger partial charge in [0, 0.05) is 6.42 Å². The highest BCUT2D eigenvalue weighted by Gasteiger charge is 2.46. The van der Waals surface area contributed by atoms with Gasteiger partial charge in [-0.05, 0) is 17.5 Å². The van der Waals surface area contributed by atoms with Crippen LogP contribution in [0, 0.1) is 0 Å². The average molecular weight is 321 g/mol. The minimum Gasteiger partial charge on any atom is -0.438 e. The molecule has 0 aromatic heterocycles. The average Bonchev–Trinajstić information content (AvgIpc) is 2.98. The number of allylic oxidation sites excluding steroid dienone is 1. The summed E-state index contributed by atoms with van der Waals surface area (Å²) in [5.41, 5.74) is 1.75. The summed E-state index contributed by atoms with van der Waals surface area (Å²) in [5.74, 6) is -0.243. The Morgan fingerprint density at radius 3 is 2.21 bits per heavy atom. The molecule has 2 aromatic rings. The van der Waals surface area contributed by atoms with Crippen molar-refractivity contribution in [2.45, 2.75) is 25.0 Å². The molecular formula is C20H19NO3. The lowest BCUT2D eigenvalue weighted by Gasteiger charge is -2.23. The van der Waals surface area contributed by atoms with Gasteiger partial charge in [0.05, 0.1) is 0 Å². The lowest BCUT2D eigenvalue weighted by Crippen LogP contribution is -2.34. The third-order valence-electron chi connectivity index (χ3n) is 4.09. The first kappa shape index (κ1) is 16.0. The van der Waals surface area contributed by atoms with Crippen LogP contribution in [0.2, 0.25) is 0 Å². The molecule has 0 spiro atoms. The molecule has 0 aliphatic carbocycles. The summed E-state index contributed by atoms with van der Waals surface area (Å²) in [5, 5.41) is 0. The van der Waals surface area contributed by atoms with E-state index in [9.17, 15) is 9.59 Å². The smallest absolute Gasteiger partial charge is 0.417 e. The van der Waals surface area contributed by atoms with Crippen LogP contribution >= 0.6 is 0 Å². The summed E-state index contributed by atoms with van der Waals surface area (Å²) in [7, 11) is 0. The Hall–Kier alpha value is -2.88. The van der Waals surface area contributed by atoms with Crippen LogP contribution in [0.4, 0.5) is 4.79 Å². The van der Waals surface area contributed by atoms with Crippen molar-refractivity contribution in [3.05, 3.63) is 84.4 Å². The second kappa shape index (κ2) is 7.13. The molecule has 4 heteroatoms. The Labute approximate surface area is 141 Å². The zero-order valence-electron chi connectivity index (χ0n) is 13.3. The van der Waals surface area contributed by atoms with E-state index in [1.165, 1.54) is 4.90 Å². The molecule has 0 radical (unpaired) electrons. The second-order valence-electron chi connectivity index (χ2n) is 5.66. The van der Waals surface area contributed by atoms with Gasteiger partial charge >= 0.3 is 6.09 Å². The molecule has 1 unspecified atom stereocenters. The molecule has 2 atom stereocenters. The molecule has 1 aliphatic heterocycles. The highest BCUT2D eigenvalue weighted by molar-refractivity contribution is 5.94. The first-order chi connectivity index (χ1) is 11.7. The van der Waals surface area contributed by atoms with E-state index >= 15 is 0 Å². The summed E-state index contributed by atoms with van der Waals surface area (Å²) >= 11 is 0. The van der Waals surface area contributed by atoms with Crippen LogP contribution in [0.25, 0.3) is 0 Å². The molecule has 0 saturated carbocycles. The van der Waals surface area contributed by atoms with E-state index in [1.54, 1.807) is 6.08 Å². The van der Waals surface area contributed by atoms with Gasteiger partial charge in [0.15, 0.2) is 6.10 Å². The van der Waals surface area contributed by atoms with Crippen molar-refractivity contribution in [3.8, 4) is 0 Å². The van der Waals surface area contributed by atoms with Gasteiger partial charge in [-0.25, -0.2) is 9.69 Å². The summed E-state index contributed by atoms with van der Waals surface area (Å²) in [6.07, 6.45) is 1.34. The number of carbonyl (C=O) groups is 2. The molecule has 1 fully saturated rings. The summed E-state index contributed by atoms with van der Waals surface area (Å²) in [6.45, 7) is 3.63. The summed E-state index contributed by atoms with van der Waals surface area (Å²) in [4.78, 5) is 26.2. The summed E-state index contributed by atoms with van der Waals surface area (Å²) < 4.78 is 5.57. The largest absolute Gasteiger partial charge is 0.438 e. The van der Waals surface area contributed by atoms with Gasteiger partial charge in [0.1, 0.15) is 6.04 Å². The number of nitrogens with zero attached hydrogens (tertiary/aromatic N) is 1. The predicted octanol–water partition coefficient (Wildman–Crippen LogP) is 4.41. The highest BCUT2D eigenvalue weighted by Crippen LogP contribution is 2.43. The third-order valence-corrected chi connectivity index (χ3v) is 4.09. The standard InChI is InChI=1S/C20H19NO3/c1-2-3-14-17(22)21-18(15-10-6-4-7-11-15)19(24-20(21)23)16-12-8-5-9-13-16/h2,4-13,18-19H,1,3,14H2/t18?,19-/m0/s1. The van der Waals surface area contributed by atoms with Gasteiger partial charge in [0.2, 0.25) is 5.91 Å². The van der Waals surface area contributed by atoms with Crippen LogP contribution in [0.15, 0.2) is 73.3 Å². The number of cyclic esters (lactones) is 1. The molecule has 3 rings (SSSR count). The molecule has 0 bridgehead atoms. The van der Waals surface area contributed by atoms with E-state index in [0.29, 0.717) is 6.42 Å². The molecule has 122 valence electrons. The number of ether oxygens (including phenoxy) is 1. The fourth-order valence-corrected chi connectivity index (χ4v) is 2.95. The maximum absolute atomic E-state index is 12.6. The maximum atomic E-state index is 12.6. The quantitative estimate of drug-likeness (QED) is 0.766. The van der Waals surface area contributed by atoms with E-state index in [4.69, 9.17) is 4.74 Å². The van der Waals surface area contributed by atoms with Crippen molar-refractivity contribution in [2.75, 3.05) is 0 Å². The van der Waals surface area contributed by atoms with E-state index < -0.39 is 18.2 Å². The number of hydrogen-bond acceptors (Lipinski definition) is 3. The van der Waals surface area contributed by atoms with Gasteiger partial charge in [-0.15, -0.1) is 6.58 Å². The number of imide groups is 1. The normalized spacial score (nSPS) is 19.8. The van der Waals surface area contributed by atoms with Gasteiger partial charge in [0.25, 0.3) is 0 Å². The molecule has 1 aliphatic rings. The van der Waals surface area contributed by atoms with Crippen molar-refractivity contribution < 1.29 is 14.3 Å². The van der Waals surface area contributed by atoms with Crippen molar-refractivity contribution in [2.24, 2.45) is 0 Å². The summed E-state index contributed by atoms with van der Waals surface area (Å²) in [6, 6.07) is 18.6. The Kier molecular flexibility index (Phi) is 4.75. The Morgan fingerprint density at radius 1 is 1.04 bits per heavy atom. The fraction of sp³-hybridized carbons (Fsp3) is 0.200. The minimum absolute atomic E-state index is 0.240. The second-order valence-corrected chi connectivity index (χ2v) is 5.66. The van der Waals surface area contributed by atoms with Crippen LogP contribution in [-0.2, 0) is 9.53 Å². The van der Waals surface area contributed by atoms with E-state index in [0.717, 1.165) is 11.1 Å². The van der Waals surface area contributed by atoms with Crippen molar-refractivity contribution in [1.29, 1.82) is 0 Å². The van der Waals surface area contributed by atoms with Crippen molar-refractivity contribution >= 4 is 12.0 Å². The molecule has 0 N–H and O–H groups in total. The first-order valence-corrected chi connectivity index (χ1v) is 7.96. The highest BCUT2D eigenvalue weighted by atomic mass is 16.6. The lowest BCUT2D eigenvalue weighted by atomic mass is 9.95. The zero-order chi connectivity index (χ0) is 16.9. The van der Waals surface area contributed by atoms with Crippen LogP contribution in [0.5, 0.6) is 0 Å². The topological polar surface area (TPSA) is 46.6 Å². The van der Waals surface area contributed by atoms with Crippen LogP contribution < -0.4 is 0 Å². The first-order valence-electron chi connectivity index (χ1n) is 7.96. The zero-order valence-corrected chi connectivity index (χ0v) is 13.3. The third kappa shape index (κ3) is 3.08. The molecule has 24 heavy (non-hydrogen) atoms. The number of rotatable bonds is 5. The van der Waals surface area contributed by atoms with Crippen LogP contribution in [0.1, 0.15) is 36.1 Å². The number of benzene rings is 2. The van der Waals surface area contributed by atoms with Crippen LogP contribution in [-0.4, -0.2) is 16.9 Å². The van der Waals surface area contributed by atoms with Crippen LogP contribution in [0.3, 0.4) is 0 Å². The Morgan fingerprint density at radius 2 is 1.62 bits per heavy atom. The Balaban J connectivity index is 2.00. The fourth-order valence-electron chi connectivity index (χ4n) is 2.95. The molecular weight excluding hydrogens is 302 g/mol. The van der Waals surface area contributed by atoms with Crippen molar-refractivity contribution in [1.82, 2.24) is 4.90 Å². The number of amides is 2. The number of hydrogen-bond donors (Lipinski definition) is 0. The molecule has 4 nitrogen and oxygen atoms in total. The maximum Gasteiger partial charge on any atom is 0.417 e. The van der Waals surface area contributed by atoms with E-state index in [2.05, 4.69) is 6.58 Å². The molecule has 1 saturated heterocycles. The van der Waals surface area contributed by atoms with Crippen molar-refractivity contribution in [3.63, 3.8) is 0 Å². The van der Waals surface area contributed by atoms with E-state index in [1.807, 2.05) is 60.7 Å². The van der Waals surface area contributed by atoms with Gasteiger partial charge in [-0.3, -0.25) is 4.79 Å². The SMILES string of the molecule is C=CCCC(=O)N1C(=O)O[C@@H](c2ccccc2)C1c1ccccc1. The predicted molar refractivity (Wildman–Crippen MR) is 91.1 cm³/mol. The molecule has 1 heterocycles. The molecule has 2 amide bonds. The van der Waals surface area contributed by atoms with Gasteiger partial charge in [-0.1, -0.05) is 66.7 Å². The lowest BCUT2D eigenvalue weighted by molar-refractivity contribution is -0.129. The van der Waals surface area contributed by atoms with Gasteiger partial charge < -0.3 is 4.74 Å². The Bertz CT molecular complexity index is 727. The molecule has 2 aromatic carbocycles. The van der Waals surface area contributed by atoms with Gasteiger partial charge in [-0.2, -0.15) is 0 Å². The monoisotopic (exact) mass is 321 g/mol.